The van der Waals surface area contributed by atoms with Crippen LogP contribution in [0.5, 0.6) is 0 Å². The van der Waals surface area contributed by atoms with Crippen LogP contribution in [0.25, 0.3) is 0 Å². The zero-order chi connectivity index (χ0) is 22.3. The molecular formula is C19H21F7N2S2. The van der Waals surface area contributed by atoms with Crippen LogP contribution >= 0.6 is 24.0 Å². The Kier molecular flexibility index (Phi) is 6.54. The number of hydrogen-bond acceptors (Lipinski definition) is 2. The fourth-order valence-corrected chi connectivity index (χ4v) is 5.49. The second kappa shape index (κ2) is 8.37. The number of fused-ring (bicyclic) bond motifs is 2. The average Bonchev–Trinajstić information content (AvgIpc) is 3.25. The molecule has 0 unspecified atom stereocenters. The standard InChI is InChI=1S/C19H21F7N2S2/c1-10(15-9-11-2-3-12(15)8-11)27-16(29)28-13-4-6-14(7-5-13)30-19(25,26)17(20,21)18(22,23)24/h4-7,10-12,15H,2-3,8-9H2,1H3,(H2,27,28,29)/t10-,11+,12+,15-/m1/s1. The van der Waals surface area contributed by atoms with Crippen LogP contribution in [0.15, 0.2) is 29.2 Å². The van der Waals surface area contributed by atoms with Gasteiger partial charge >= 0.3 is 17.4 Å². The van der Waals surface area contributed by atoms with Gasteiger partial charge in [0, 0.05) is 16.6 Å². The van der Waals surface area contributed by atoms with Crippen molar-refractivity contribution in [3.8, 4) is 0 Å². The molecule has 168 valence electrons. The summed E-state index contributed by atoms with van der Waals surface area (Å²) in [6.07, 6.45) is -1.40. The molecule has 0 spiro atoms. The number of thiocarbonyl (C=S) groups is 1. The molecule has 30 heavy (non-hydrogen) atoms. The minimum absolute atomic E-state index is 0.165. The smallest absolute Gasteiger partial charge is 0.360 e. The van der Waals surface area contributed by atoms with Crippen molar-refractivity contribution in [2.24, 2.45) is 17.8 Å². The SMILES string of the molecule is C[C@@H](NC(=S)Nc1ccc(SC(F)(F)C(F)(F)C(F)(F)F)cc1)[C@H]1C[C@H]2CC[C@H]1C2. The summed E-state index contributed by atoms with van der Waals surface area (Å²) < 4.78 is 89.7. The Labute approximate surface area is 179 Å². The van der Waals surface area contributed by atoms with E-state index in [9.17, 15) is 30.7 Å². The molecule has 0 aromatic heterocycles. The molecule has 1 aromatic rings. The molecule has 2 bridgehead atoms. The Morgan fingerprint density at radius 3 is 2.17 bits per heavy atom. The molecule has 0 heterocycles. The van der Waals surface area contributed by atoms with E-state index in [4.69, 9.17) is 12.2 Å². The molecule has 4 atom stereocenters. The maximum atomic E-state index is 13.5. The van der Waals surface area contributed by atoms with Crippen molar-refractivity contribution in [3.63, 3.8) is 0 Å². The summed E-state index contributed by atoms with van der Waals surface area (Å²) in [6, 6.07) is 4.82. The van der Waals surface area contributed by atoms with Crippen LogP contribution in [-0.2, 0) is 0 Å². The van der Waals surface area contributed by atoms with E-state index >= 15 is 0 Å². The fraction of sp³-hybridized carbons (Fsp3) is 0.632. The number of halogens is 7. The molecule has 2 aliphatic rings. The van der Waals surface area contributed by atoms with Gasteiger partial charge in [0.2, 0.25) is 0 Å². The number of benzene rings is 1. The Bertz CT molecular complexity index is 767. The van der Waals surface area contributed by atoms with E-state index in [-0.39, 0.29) is 6.04 Å². The van der Waals surface area contributed by atoms with Gasteiger partial charge in [-0.2, -0.15) is 30.7 Å². The van der Waals surface area contributed by atoms with Crippen LogP contribution in [0, 0.1) is 17.8 Å². The van der Waals surface area contributed by atoms with Crippen LogP contribution in [-0.4, -0.2) is 28.5 Å². The molecule has 2 nitrogen and oxygen atoms in total. The van der Waals surface area contributed by atoms with Gasteiger partial charge in [-0.15, -0.1) is 0 Å². The highest BCUT2D eigenvalue weighted by atomic mass is 32.2. The second-order valence-electron chi connectivity index (χ2n) is 7.94. The summed E-state index contributed by atoms with van der Waals surface area (Å²) in [6.45, 7) is 2.06. The molecule has 0 aliphatic heterocycles. The van der Waals surface area contributed by atoms with Crippen LogP contribution < -0.4 is 10.6 Å². The maximum absolute atomic E-state index is 13.5. The van der Waals surface area contributed by atoms with Crippen molar-refractivity contribution in [2.75, 3.05) is 5.32 Å². The molecular weight excluding hydrogens is 453 g/mol. The Morgan fingerprint density at radius 1 is 1.03 bits per heavy atom. The first-order chi connectivity index (χ1) is 13.8. The van der Waals surface area contributed by atoms with Crippen molar-refractivity contribution in [1.29, 1.82) is 0 Å². The zero-order valence-corrected chi connectivity index (χ0v) is 17.5. The molecule has 2 N–H and O–H groups in total. The van der Waals surface area contributed by atoms with Crippen molar-refractivity contribution >= 4 is 34.8 Å². The number of hydrogen-bond donors (Lipinski definition) is 2. The first-order valence-electron chi connectivity index (χ1n) is 9.49. The minimum atomic E-state index is -6.35. The lowest BCUT2D eigenvalue weighted by molar-refractivity contribution is -0.330. The summed E-state index contributed by atoms with van der Waals surface area (Å²) in [5.41, 5.74) is 0.405. The van der Waals surface area contributed by atoms with Crippen LogP contribution in [0.1, 0.15) is 32.6 Å². The van der Waals surface area contributed by atoms with E-state index in [1.807, 2.05) is 0 Å². The summed E-state index contributed by atoms with van der Waals surface area (Å²) in [7, 11) is 0. The topological polar surface area (TPSA) is 24.1 Å². The van der Waals surface area contributed by atoms with E-state index in [0.717, 1.165) is 18.1 Å². The first-order valence-corrected chi connectivity index (χ1v) is 10.7. The molecule has 0 radical (unpaired) electrons. The normalized spacial score (nSPS) is 25.3. The number of anilines is 1. The van der Waals surface area contributed by atoms with Crippen LogP contribution in [0.2, 0.25) is 0 Å². The van der Waals surface area contributed by atoms with Gasteiger partial charge in [-0.05, 0) is 92.2 Å². The third-order valence-corrected chi connectivity index (χ3v) is 7.11. The number of thioether (sulfide) groups is 1. The number of alkyl halides is 7. The van der Waals surface area contributed by atoms with Gasteiger partial charge in [0.1, 0.15) is 0 Å². The van der Waals surface area contributed by atoms with Crippen molar-refractivity contribution in [1.82, 2.24) is 5.32 Å². The summed E-state index contributed by atoms with van der Waals surface area (Å²) >= 11 is 4.43. The Morgan fingerprint density at radius 2 is 1.67 bits per heavy atom. The van der Waals surface area contributed by atoms with E-state index in [1.165, 1.54) is 37.8 Å². The lowest BCUT2D eigenvalue weighted by atomic mass is 9.84. The van der Waals surface area contributed by atoms with Gasteiger partial charge in [-0.3, -0.25) is 0 Å². The highest BCUT2D eigenvalue weighted by Gasteiger charge is 2.73. The summed E-state index contributed by atoms with van der Waals surface area (Å²) in [4.78, 5) is -0.427. The van der Waals surface area contributed by atoms with E-state index in [2.05, 4.69) is 17.6 Å². The van der Waals surface area contributed by atoms with Gasteiger partial charge in [-0.25, -0.2) is 0 Å². The van der Waals surface area contributed by atoms with Crippen LogP contribution in [0.3, 0.4) is 0 Å². The lowest BCUT2D eigenvalue weighted by Crippen LogP contribution is -2.49. The highest BCUT2D eigenvalue weighted by Crippen LogP contribution is 2.54. The van der Waals surface area contributed by atoms with Crippen molar-refractivity contribution < 1.29 is 30.7 Å². The van der Waals surface area contributed by atoms with Crippen molar-refractivity contribution in [2.45, 2.75) is 60.9 Å². The molecule has 2 fully saturated rings. The molecule has 11 heteroatoms. The largest absolute Gasteiger partial charge is 0.460 e. The summed E-state index contributed by atoms with van der Waals surface area (Å²) in [5, 5.41) is 1.09. The highest BCUT2D eigenvalue weighted by molar-refractivity contribution is 8.00. The maximum Gasteiger partial charge on any atom is 0.460 e. The third-order valence-electron chi connectivity index (χ3n) is 5.87. The first kappa shape index (κ1) is 23.4. The lowest BCUT2D eigenvalue weighted by Gasteiger charge is -2.29. The summed E-state index contributed by atoms with van der Waals surface area (Å²) in [5.74, 6) is -4.12. The average molecular weight is 475 g/mol. The second-order valence-corrected chi connectivity index (χ2v) is 9.54. The van der Waals surface area contributed by atoms with E-state index in [0.29, 0.717) is 22.6 Å². The van der Waals surface area contributed by atoms with Gasteiger partial charge in [0.25, 0.3) is 0 Å². The van der Waals surface area contributed by atoms with E-state index in [1.54, 1.807) is 0 Å². The molecule has 2 saturated carbocycles. The van der Waals surface area contributed by atoms with Gasteiger partial charge in [-0.1, -0.05) is 6.42 Å². The van der Waals surface area contributed by atoms with Crippen molar-refractivity contribution in [3.05, 3.63) is 24.3 Å². The molecule has 0 amide bonds. The van der Waals surface area contributed by atoms with Gasteiger partial charge < -0.3 is 10.6 Å². The monoisotopic (exact) mass is 474 g/mol. The Balaban J connectivity index is 1.54. The fourth-order valence-electron chi connectivity index (χ4n) is 4.37. The van der Waals surface area contributed by atoms with Crippen LogP contribution in [0.4, 0.5) is 36.4 Å². The number of rotatable bonds is 6. The van der Waals surface area contributed by atoms with Gasteiger partial charge in [0.15, 0.2) is 5.11 Å². The predicted octanol–water partition coefficient (Wildman–Crippen LogP) is 6.68. The minimum Gasteiger partial charge on any atom is -0.360 e. The van der Waals surface area contributed by atoms with Gasteiger partial charge in [0.05, 0.1) is 0 Å². The molecule has 1 aromatic carbocycles. The molecule has 0 saturated heterocycles. The Hall–Kier alpha value is -1.23. The molecule has 2 aliphatic carbocycles. The third kappa shape index (κ3) is 4.81. The molecule has 3 rings (SSSR count). The van der Waals surface area contributed by atoms with E-state index < -0.39 is 34.0 Å². The zero-order valence-electron chi connectivity index (χ0n) is 15.9. The number of nitrogens with one attached hydrogen (secondary N) is 2. The predicted molar refractivity (Wildman–Crippen MR) is 106 cm³/mol. The quantitative estimate of drug-likeness (QED) is 0.273.